The van der Waals surface area contributed by atoms with E-state index in [2.05, 4.69) is 48.2 Å². The average Bonchev–Trinajstić information content (AvgIpc) is 2.94. The Kier molecular flexibility index (Phi) is 6.98. The predicted octanol–water partition coefficient (Wildman–Crippen LogP) is 0.193. The van der Waals surface area contributed by atoms with Crippen molar-refractivity contribution in [2.24, 2.45) is 5.92 Å². The highest BCUT2D eigenvalue weighted by molar-refractivity contribution is 5.71. The summed E-state index contributed by atoms with van der Waals surface area (Å²) in [7, 11) is 3.65. The van der Waals surface area contributed by atoms with E-state index >= 15 is 0 Å². The molecule has 184 valence electrons. The Balaban J connectivity index is 1.57. The van der Waals surface area contributed by atoms with E-state index in [9.17, 15) is 25.2 Å². The first-order valence-electron chi connectivity index (χ1n) is 11.8. The minimum atomic E-state index is -1.75. The molecule has 0 aromatic heterocycles. The fourth-order valence-corrected chi connectivity index (χ4v) is 5.48. The van der Waals surface area contributed by atoms with Crippen molar-refractivity contribution < 1.29 is 34.4 Å². The van der Waals surface area contributed by atoms with Gasteiger partial charge in [0.05, 0.1) is 26.6 Å². The maximum atomic E-state index is 11.4. The number of carbonyl (C=O) groups excluding carboxylic acids is 1. The van der Waals surface area contributed by atoms with Gasteiger partial charge in [-0.05, 0) is 36.1 Å². The molecule has 8 nitrogen and oxygen atoms in total. The van der Waals surface area contributed by atoms with E-state index in [1.165, 1.54) is 22.5 Å². The number of aryl methyl sites for hydroxylation is 2. The molecule has 2 aromatic carbocycles. The van der Waals surface area contributed by atoms with Crippen molar-refractivity contribution in [1.82, 2.24) is 0 Å². The van der Waals surface area contributed by atoms with Crippen molar-refractivity contribution in [2.75, 3.05) is 32.1 Å². The molecule has 0 radical (unpaired) electrons. The van der Waals surface area contributed by atoms with Gasteiger partial charge in [-0.2, -0.15) is 0 Å². The maximum absolute atomic E-state index is 11.4. The number of para-hydroxylation sites is 2. The van der Waals surface area contributed by atoms with Gasteiger partial charge >= 0.3 is 0 Å². The van der Waals surface area contributed by atoms with Crippen LogP contribution >= 0.6 is 0 Å². The topological polar surface area (TPSA) is 113 Å². The van der Waals surface area contributed by atoms with Gasteiger partial charge in [-0.1, -0.05) is 43.3 Å². The molecule has 2 aromatic rings. The van der Waals surface area contributed by atoms with Gasteiger partial charge < -0.3 is 39.3 Å². The number of fused-ring (bicyclic) bond motifs is 2. The van der Waals surface area contributed by atoms with Gasteiger partial charge in [0, 0.05) is 23.8 Å². The Morgan fingerprint density at radius 1 is 1.00 bits per heavy atom. The summed E-state index contributed by atoms with van der Waals surface area (Å²) in [6.07, 6.45) is -5.64. The molecule has 2 unspecified atom stereocenters. The maximum Gasteiger partial charge on any atom is 0.222 e. The van der Waals surface area contributed by atoms with E-state index in [0.29, 0.717) is 13.1 Å². The number of likely N-dealkylation sites (N-methyl/N-ethyl adjacent to an activating group) is 1. The molecule has 34 heavy (non-hydrogen) atoms. The second-order valence-corrected chi connectivity index (χ2v) is 10.2. The summed E-state index contributed by atoms with van der Waals surface area (Å²) in [5.41, 5.74) is 4.93. The number of quaternary nitrogens is 1. The molecule has 0 amide bonds. The second kappa shape index (κ2) is 9.64. The summed E-state index contributed by atoms with van der Waals surface area (Å²) < 4.78 is 5.67. The summed E-state index contributed by atoms with van der Waals surface area (Å²) in [5.74, 6) is -1.51. The lowest BCUT2D eigenvalue weighted by Gasteiger charge is -2.48. The molecule has 0 spiro atoms. The number of ether oxygens (including phenoxy) is 1. The van der Waals surface area contributed by atoms with E-state index in [1.54, 1.807) is 0 Å². The molecule has 2 aliphatic heterocycles. The van der Waals surface area contributed by atoms with Crippen LogP contribution in [0, 0.1) is 5.92 Å². The van der Waals surface area contributed by atoms with Crippen LogP contribution in [0.5, 0.6) is 0 Å². The summed E-state index contributed by atoms with van der Waals surface area (Å²) in [4.78, 5) is 13.8. The zero-order valence-electron chi connectivity index (χ0n) is 19.9. The lowest BCUT2D eigenvalue weighted by Crippen LogP contribution is -2.70. The van der Waals surface area contributed by atoms with Crippen LogP contribution in [0.4, 0.5) is 11.4 Å². The van der Waals surface area contributed by atoms with Crippen LogP contribution < -0.4 is 10.0 Å². The van der Waals surface area contributed by atoms with Gasteiger partial charge in [0.15, 0.2) is 6.10 Å². The Morgan fingerprint density at radius 2 is 1.53 bits per heavy atom. The monoisotopic (exact) mass is 470 g/mol. The average molecular weight is 471 g/mol. The van der Waals surface area contributed by atoms with Crippen LogP contribution in [0.3, 0.4) is 0 Å². The summed E-state index contributed by atoms with van der Waals surface area (Å²) >= 11 is 0. The van der Waals surface area contributed by atoms with Gasteiger partial charge in [-0.25, -0.2) is 0 Å². The van der Waals surface area contributed by atoms with E-state index in [0.717, 1.165) is 12.8 Å². The minimum Gasteiger partial charge on any atom is -0.547 e. The van der Waals surface area contributed by atoms with Crippen LogP contribution in [-0.4, -0.2) is 83.6 Å². The summed E-state index contributed by atoms with van der Waals surface area (Å²) in [5, 5.41) is 42.3. The number of hydrogen-bond acceptors (Lipinski definition) is 7. The van der Waals surface area contributed by atoms with Gasteiger partial charge in [0.25, 0.3) is 0 Å². The number of anilines is 2. The quantitative estimate of drug-likeness (QED) is 0.517. The molecular formula is C26H34N2O6. The van der Waals surface area contributed by atoms with Crippen molar-refractivity contribution in [3.05, 3.63) is 59.7 Å². The van der Waals surface area contributed by atoms with Gasteiger partial charge in [-0.15, -0.1) is 0 Å². The van der Waals surface area contributed by atoms with Crippen LogP contribution in [-0.2, 0) is 22.4 Å². The number of carboxylic acids is 1. The first-order chi connectivity index (χ1) is 16.1. The molecule has 1 saturated heterocycles. The first-order valence-corrected chi connectivity index (χ1v) is 11.8. The number of aliphatic hydroxyl groups is 3. The van der Waals surface area contributed by atoms with Crippen LogP contribution in [0.2, 0.25) is 0 Å². The third kappa shape index (κ3) is 4.69. The van der Waals surface area contributed by atoms with E-state index in [-0.39, 0.29) is 10.4 Å². The Hall–Kier alpha value is -2.49. The molecule has 4 rings (SSSR count). The van der Waals surface area contributed by atoms with Gasteiger partial charge in [0.1, 0.15) is 18.3 Å². The smallest absolute Gasteiger partial charge is 0.222 e. The second-order valence-electron chi connectivity index (χ2n) is 10.2. The molecular weight excluding hydrogens is 436 g/mol. The lowest BCUT2D eigenvalue weighted by molar-refractivity contribution is -0.947. The molecule has 0 aliphatic carbocycles. The number of carbonyl (C=O) groups is 1. The molecule has 2 aliphatic rings. The normalized spacial score (nSPS) is 27.9. The standard InChI is InChI=1S/C26H34N2O6/c1-16(15-28(2,3)25-23(31)21(29)22(30)24(34-25)26(32)33)14-27-19-10-6-4-8-17(19)12-13-18-9-5-7-11-20(18)27/h4-11,16,21-25,29-31H,12-15H2,1-3H3/t16?,21-,22-,23+,24-,25?/m0/s1. The zero-order chi connectivity index (χ0) is 24.6. The number of hydrogen-bond donors (Lipinski definition) is 3. The molecule has 2 heterocycles. The predicted molar refractivity (Wildman–Crippen MR) is 125 cm³/mol. The SMILES string of the molecule is CC(CN1c2ccccc2CCc2ccccc21)C[N+](C)(C)C1O[C@H](C(=O)[O-])[C@@H](O)[C@H](O)[C@H]1O. The largest absolute Gasteiger partial charge is 0.547 e. The van der Waals surface area contributed by atoms with Gasteiger partial charge in [0.2, 0.25) is 6.23 Å². The number of carboxylic acid groups (broad SMARTS) is 1. The van der Waals surface area contributed by atoms with Crippen molar-refractivity contribution in [1.29, 1.82) is 0 Å². The molecule has 0 saturated carbocycles. The summed E-state index contributed by atoms with van der Waals surface area (Å²) in [6, 6.07) is 16.8. The molecule has 1 fully saturated rings. The number of rotatable bonds is 6. The molecule has 6 atom stereocenters. The fourth-order valence-electron chi connectivity index (χ4n) is 5.48. The highest BCUT2D eigenvalue weighted by Gasteiger charge is 2.51. The lowest BCUT2D eigenvalue weighted by atomic mass is 9.96. The third-order valence-corrected chi connectivity index (χ3v) is 7.01. The third-order valence-electron chi connectivity index (χ3n) is 7.01. The van der Waals surface area contributed by atoms with Crippen LogP contribution in [0.15, 0.2) is 48.5 Å². The Labute approximate surface area is 200 Å². The van der Waals surface area contributed by atoms with Crippen molar-refractivity contribution in [2.45, 2.75) is 50.4 Å². The van der Waals surface area contributed by atoms with Crippen molar-refractivity contribution in [3.63, 3.8) is 0 Å². The highest BCUT2D eigenvalue weighted by Crippen LogP contribution is 2.37. The van der Waals surface area contributed by atoms with E-state index in [4.69, 9.17) is 4.74 Å². The number of aliphatic hydroxyl groups excluding tert-OH is 3. The zero-order valence-corrected chi connectivity index (χ0v) is 19.9. The summed E-state index contributed by atoms with van der Waals surface area (Å²) in [6.45, 7) is 3.34. The molecule has 0 bridgehead atoms. The van der Waals surface area contributed by atoms with Gasteiger partial charge in [-0.3, -0.25) is 0 Å². The van der Waals surface area contributed by atoms with Crippen molar-refractivity contribution >= 4 is 17.3 Å². The first kappa shape index (κ1) is 24.6. The van der Waals surface area contributed by atoms with Crippen LogP contribution in [0.1, 0.15) is 18.1 Å². The minimum absolute atomic E-state index is 0.104. The number of benzene rings is 2. The number of nitrogens with zero attached hydrogens (tertiary/aromatic N) is 2. The van der Waals surface area contributed by atoms with E-state index in [1.807, 2.05) is 26.2 Å². The highest BCUT2D eigenvalue weighted by atomic mass is 16.6. The molecule has 3 N–H and O–H groups in total. The molecule has 8 heteroatoms. The number of aliphatic carboxylic acids is 1. The van der Waals surface area contributed by atoms with E-state index < -0.39 is 36.6 Å². The fraction of sp³-hybridized carbons (Fsp3) is 0.500. The van der Waals surface area contributed by atoms with Crippen LogP contribution in [0.25, 0.3) is 0 Å². The van der Waals surface area contributed by atoms with Crippen molar-refractivity contribution in [3.8, 4) is 0 Å². The Bertz CT molecular complexity index is 980. The Morgan fingerprint density at radius 3 is 2.06 bits per heavy atom.